The molecule has 2 aliphatic heterocycles. The molecule has 3 N–H and O–H groups in total. The Bertz CT molecular complexity index is 1150. The molecule has 0 radical (unpaired) electrons. The predicted octanol–water partition coefficient (Wildman–Crippen LogP) is 3.92. The van der Waals surface area contributed by atoms with Gasteiger partial charge in [-0.25, -0.2) is 4.79 Å². The Kier molecular flexibility index (Phi) is 11.2. The van der Waals surface area contributed by atoms with Crippen LogP contribution in [0.3, 0.4) is 0 Å². The first-order valence-corrected chi connectivity index (χ1v) is 14.9. The first-order chi connectivity index (χ1) is 18.5. The molecule has 1 aromatic rings. The van der Waals surface area contributed by atoms with Crippen molar-refractivity contribution in [1.29, 1.82) is 0 Å². The number of esters is 1. The van der Waals surface area contributed by atoms with Gasteiger partial charge in [-0.1, -0.05) is 30.3 Å². The van der Waals surface area contributed by atoms with Crippen LogP contribution in [0.15, 0.2) is 41.6 Å². The van der Waals surface area contributed by atoms with E-state index < -0.39 is 26.0 Å². The fourth-order valence-electron chi connectivity index (χ4n) is 4.31. The summed E-state index contributed by atoms with van der Waals surface area (Å²) in [6.45, 7) is 4.92. The Morgan fingerprint density at radius 3 is 2.62 bits per heavy atom. The van der Waals surface area contributed by atoms with Crippen molar-refractivity contribution < 1.29 is 43.4 Å². The van der Waals surface area contributed by atoms with E-state index >= 15 is 0 Å². The number of likely N-dealkylation sites (tertiary alicyclic amines) is 1. The van der Waals surface area contributed by atoms with Crippen molar-refractivity contribution in [1.82, 2.24) is 4.90 Å². The Labute approximate surface area is 228 Å². The number of rotatable bonds is 6. The summed E-state index contributed by atoms with van der Waals surface area (Å²) in [6.07, 6.45) is 10.2. The number of hydrogen-bond acceptors (Lipinski definition) is 8. The molecule has 39 heavy (non-hydrogen) atoms. The van der Waals surface area contributed by atoms with Crippen LogP contribution in [-0.2, 0) is 25.4 Å². The highest BCUT2D eigenvalue weighted by atomic mass is 31.2. The third kappa shape index (κ3) is 10.2. The molecule has 1 aromatic carbocycles. The number of fused-ring (bicyclic) bond motifs is 1. The molecule has 12 heteroatoms. The first kappa shape index (κ1) is 30.4. The van der Waals surface area contributed by atoms with E-state index in [4.69, 9.17) is 14.3 Å². The lowest BCUT2D eigenvalue weighted by Gasteiger charge is -2.26. The molecule has 1 fully saturated rings. The molecular formula is C27H37N2O9P. The van der Waals surface area contributed by atoms with Crippen LogP contribution in [-0.4, -0.2) is 69.5 Å². The lowest BCUT2D eigenvalue weighted by Crippen LogP contribution is -2.37. The number of allylic oxidation sites excluding steroid dienone is 3. The third-order valence-corrected chi connectivity index (χ3v) is 6.74. The highest BCUT2D eigenvalue weighted by Gasteiger charge is 2.25. The van der Waals surface area contributed by atoms with Gasteiger partial charge in [0, 0.05) is 32.0 Å². The summed E-state index contributed by atoms with van der Waals surface area (Å²) in [5, 5.41) is 14.5. The average molecular weight is 565 g/mol. The van der Waals surface area contributed by atoms with Crippen LogP contribution in [0.2, 0.25) is 0 Å². The Balaban J connectivity index is 1.95. The van der Waals surface area contributed by atoms with Gasteiger partial charge in [-0.2, -0.15) is 0 Å². The average Bonchev–Trinajstić information content (AvgIpc) is 2.86. The van der Waals surface area contributed by atoms with E-state index in [-0.39, 0.29) is 47.5 Å². The molecular weight excluding hydrogens is 527 g/mol. The summed E-state index contributed by atoms with van der Waals surface area (Å²) in [5.41, 5.74) is 0.527. The third-order valence-electron chi connectivity index (χ3n) is 6.27. The Hall–Kier alpha value is -3.14. The number of carbonyl (C=O) groups is 2. The number of benzene rings is 1. The zero-order valence-corrected chi connectivity index (χ0v) is 23.2. The normalized spacial score (nSPS) is 23.7. The van der Waals surface area contributed by atoms with E-state index in [1.807, 2.05) is 25.2 Å². The largest absolute Gasteiger partial charge is 0.508 e. The molecule has 0 bridgehead atoms. The smallest absolute Gasteiger partial charge is 0.362 e. The monoisotopic (exact) mass is 564 g/mol. The second-order valence-corrected chi connectivity index (χ2v) is 11.5. The number of hydrogen-bond donors (Lipinski definition) is 3. The van der Waals surface area contributed by atoms with E-state index in [1.54, 1.807) is 17.9 Å². The van der Waals surface area contributed by atoms with E-state index in [1.165, 1.54) is 6.07 Å². The van der Waals surface area contributed by atoms with Crippen molar-refractivity contribution in [2.45, 2.75) is 58.5 Å². The van der Waals surface area contributed by atoms with Gasteiger partial charge in [0.25, 0.3) is 5.91 Å². The van der Waals surface area contributed by atoms with Crippen molar-refractivity contribution in [3.63, 3.8) is 0 Å². The van der Waals surface area contributed by atoms with E-state index in [0.717, 1.165) is 25.3 Å². The maximum Gasteiger partial charge on any atom is 0.362 e. The summed E-state index contributed by atoms with van der Waals surface area (Å²) in [7, 11) is -4.58. The molecule has 2 heterocycles. The van der Waals surface area contributed by atoms with Gasteiger partial charge >= 0.3 is 13.6 Å². The van der Waals surface area contributed by atoms with Gasteiger partial charge in [0.2, 0.25) is 0 Å². The summed E-state index contributed by atoms with van der Waals surface area (Å²) in [5.74, 6) is -1.24. The molecule has 0 aromatic heterocycles. The molecule has 1 amide bonds. The molecule has 214 valence electrons. The second-order valence-electron chi connectivity index (χ2n) is 9.89. The lowest BCUT2D eigenvalue weighted by atomic mass is 9.99. The number of oxime groups is 1. The number of carbonyl (C=O) groups excluding carboxylic acids is 2. The number of amides is 1. The highest BCUT2D eigenvalue weighted by Crippen LogP contribution is 2.37. The number of nitrogens with zero attached hydrogens (tertiary/aromatic N) is 2. The maximum absolute atomic E-state index is 13.3. The topological polar surface area (TPSA) is 155 Å². The number of cyclic esters (lactones) is 1. The standard InChI is InChI=1S/C27H37N2O9P/c1-19-8-6-10-20(2)38-27(32)26-21(15-23(30)16-24(26)36-18-39(33,34)35)14-22(11-7-9-19)28-37-17-25(31)29-12-4-3-5-13-29/h6-8,11,15-16,19-20,30H,3-5,9-10,12-14,17-18H2,1-2H3,(H2,33,34,35)/b8-6+,11-7+,28-22+/t19-,20+/m0/s1. The van der Waals surface area contributed by atoms with E-state index in [9.17, 15) is 29.0 Å². The summed E-state index contributed by atoms with van der Waals surface area (Å²) >= 11 is 0. The SMILES string of the molecule is C[C@@H]1C/C=C/[C@H](C)C/C=C/C(=N\OCC(=O)N2CCCCC2)Cc2cc(O)cc(OCP(=O)(O)O)c2C(=O)O1. The molecule has 1 saturated heterocycles. The number of ether oxygens (including phenoxy) is 2. The molecule has 2 aliphatic rings. The lowest BCUT2D eigenvalue weighted by molar-refractivity contribution is -0.137. The van der Waals surface area contributed by atoms with Gasteiger partial charge in [-0.3, -0.25) is 9.36 Å². The van der Waals surface area contributed by atoms with E-state index in [0.29, 0.717) is 31.6 Å². The van der Waals surface area contributed by atoms with Crippen LogP contribution in [0.1, 0.15) is 61.9 Å². The minimum Gasteiger partial charge on any atom is -0.508 e. The molecule has 0 saturated carbocycles. The summed E-state index contributed by atoms with van der Waals surface area (Å²) < 4.78 is 22.3. The van der Waals surface area contributed by atoms with Crippen molar-refractivity contribution in [3.05, 3.63) is 47.6 Å². The fraction of sp³-hybridized carbons (Fsp3) is 0.519. The van der Waals surface area contributed by atoms with Crippen molar-refractivity contribution in [3.8, 4) is 11.5 Å². The summed E-state index contributed by atoms with van der Waals surface area (Å²) in [6, 6.07) is 2.44. The van der Waals surface area contributed by atoms with Gasteiger partial charge in [-0.15, -0.1) is 0 Å². The highest BCUT2D eigenvalue weighted by molar-refractivity contribution is 7.51. The Morgan fingerprint density at radius 2 is 1.90 bits per heavy atom. The minimum absolute atomic E-state index is 0.0158. The van der Waals surface area contributed by atoms with Crippen molar-refractivity contribution in [2.24, 2.45) is 11.1 Å². The fourth-order valence-corrected chi connectivity index (χ4v) is 4.61. The minimum atomic E-state index is -4.58. The quantitative estimate of drug-likeness (QED) is 0.202. The zero-order valence-electron chi connectivity index (χ0n) is 22.3. The molecule has 0 unspecified atom stereocenters. The van der Waals surface area contributed by atoms with Gasteiger partial charge in [-0.05, 0) is 56.2 Å². The molecule has 0 spiro atoms. The van der Waals surface area contributed by atoms with Gasteiger partial charge in [0.1, 0.15) is 23.2 Å². The first-order valence-electron chi connectivity index (χ1n) is 13.1. The van der Waals surface area contributed by atoms with Crippen LogP contribution in [0.4, 0.5) is 0 Å². The van der Waals surface area contributed by atoms with Gasteiger partial charge in [0.15, 0.2) is 13.0 Å². The molecule has 2 atom stereocenters. The van der Waals surface area contributed by atoms with E-state index in [2.05, 4.69) is 5.16 Å². The molecule has 0 aliphatic carbocycles. The summed E-state index contributed by atoms with van der Waals surface area (Å²) in [4.78, 5) is 51.5. The van der Waals surface area contributed by atoms with Gasteiger partial charge in [0.05, 0.1) is 5.71 Å². The Morgan fingerprint density at radius 1 is 1.15 bits per heavy atom. The van der Waals surface area contributed by atoms with Crippen LogP contribution < -0.4 is 4.74 Å². The number of aromatic hydroxyl groups is 1. The number of phenolic OH excluding ortho intramolecular Hbond substituents is 1. The van der Waals surface area contributed by atoms with Crippen molar-refractivity contribution in [2.75, 3.05) is 26.0 Å². The van der Waals surface area contributed by atoms with Crippen molar-refractivity contribution >= 4 is 25.2 Å². The van der Waals surface area contributed by atoms with Gasteiger partial charge < -0.3 is 34.1 Å². The van der Waals surface area contributed by atoms with Crippen LogP contribution in [0, 0.1) is 5.92 Å². The predicted molar refractivity (Wildman–Crippen MR) is 145 cm³/mol. The number of piperidine rings is 1. The molecule has 11 nitrogen and oxygen atoms in total. The number of phenols is 1. The van der Waals surface area contributed by atoms with Crippen LogP contribution >= 0.6 is 7.60 Å². The second kappa shape index (κ2) is 14.3. The van der Waals surface area contributed by atoms with Crippen LogP contribution in [0.25, 0.3) is 0 Å². The maximum atomic E-state index is 13.3. The van der Waals surface area contributed by atoms with Crippen LogP contribution in [0.5, 0.6) is 11.5 Å². The molecule has 3 rings (SSSR count). The zero-order chi connectivity index (χ0) is 28.4.